The lowest BCUT2D eigenvalue weighted by Gasteiger charge is -2.45. The summed E-state index contributed by atoms with van der Waals surface area (Å²) in [5, 5.41) is 14.7. The number of amides is 1. The fourth-order valence-electron chi connectivity index (χ4n) is 4.89. The van der Waals surface area contributed by atoms with Gasteiger partial charge < -0.3 is 24.2 Å². The molecule has 0 bridgehead atoms. The van der Waals surface area contributed by atoms with Crippen molar-refractivity contribution >= 4 is 11.6 Å². The van der Waals surface area contributed by atoms with E-state index in [1.165, 1.54) is 0 Å². The van der Waals surface area contributed by atoms with E-state index in [4.69, 9.17) is 19.2 Å². The van der Waals surface area contributed by atoms with E-state index in [-0.39, 0.29) is 24.5 Å². The van der Waals surface area contributed by atoms with Gasteiger partial charge in [-0.15, -0.1) is 0 Å². The number of hydrogen-bond acceptors (Lipinski definition) is 7. The Bertz CT molecular complexity index is 1090. The molecule has 1 unspecified atom stereocenters. The van der Waals surface area contributed by atoms with Crippen LogP contribution in [-0.2, 0) is 4.79 Å². The van der Waals surface area contributed by atoms with Gasteiger partial charge in [-0.25, -0.2) is 0 Å². The molecule has 0 aromatic heterocycles. The molecule has 8 nitrogen and oxygen atoms in total. The number of rotatable bonds is 4. The van der Waals surface area contributed by atoms with E-state index in [9.17, 15) is 9.90 Å². The van der Waals surface area contributed by atoms with Crippen LogP contribution in [0.2, 0.25) is 0 Å². The predicted molar refractivity (Wildman–Crippen MR) is 123 cm³/mol. The zero-order valence-electron chi connectivity index (χ0n) is 19.0. The summed E-state index contributed by atoms with van der Waals surface area (Å²) in [6.45, 7) is 5.47. The number of ether oxygens (including phenoxy) is 3. The number of likely N-dealkylation sites (tertiary alicyclic amines) is 1. The smallest absolute Gasteiger partial charge is 0.231 e. The summed E-state index contributed by atoms with van der Waals surface area (Å²) in [6.07, 6.45) is 1.99. The Morgan fingerprint density at radius 3 is 2.79 bits per heavy atom. The summed E-state index contributed by atoms with van der Waals surface area (Å²) in [5.74, 6) is 2.16. The van der Waals surface area contributed by atoms with Gasteiger partial charge in [0.15, 0.2) is 23.0 Å². The van der Waals surface area contributed by atoms with Crippen LogP contribution in [0.5, 0.6) is 23.0 Å². The van der Waals surface area contributed by atoms with Crippen LogP contribution in [0.15, 0.2) is 41.4 Å². The SMILES string of the molecule is CCOc1cccc(C2CC(c3ccc4c(c3)OCO4)=NC3(CCN(C(C)=O)CC3)N2)c1O. The highest BCUT2D eigenvalue weighted by Gasteiger charge is 2.41. The largest absolute Gasteiger partial charge is 0.504 e. The number of hydrogen-bond donors (Lipinski definition) is 2. The van der Waals surface area contributed by atoms with Crippen LogP contribution in [-0.4, -0.2) is 53.8 Å². The predicted octanol–water partition coefficient (Wildman–Crippen LogP) is 3.38. The number of nitrogens with one attached hydrogen (secondary N) is 1. The highest BCUT2D eigenvalue weighted by atomic mass is 16.7. The monoisotopic (exact) mass is 451 g/mol. The Kier molecular flexibility index (Phi) is 5.62. The third-order valence-electron chi connectivity index (χ3n) is 6.64. The van der Waals surface area contributed by atoms with Crippen LogP contribution < -0.4 is 19.5 Å². The Hall–Kier alpha value is -3.26. The second-order valence-corrected chi connectivity index (χ2v) is 8.69. The highest BCUT2D eigenvalue weighted by Crippen LogP contribution is 2.41. The minimum Gasteiger partial charge on any atom is -0.504 e. The molecule has 5 rings (SSSR count). The molecule has 3 aliphatic rings. The van der Waals surface area contributed by atoms with Gasteiger partial charge >= 0.3 is 0 Å². The first kappa shape index (κ1) is 21.6. The molecule has 0 aliphatic carbocycles. The van der Waals surface area contributed by atoms with Gasteiger partial charge in [0.1, 0.15) is 5.66 Å². The molecule has 174 valence electrons. The van der Waals surface area contributed by atoms with Crippen molar-refractivity contribution in [1.82, 2.24) is 10.2 Å². The molecule has 8 heteroatoms. The van der Waals surface area contributed by atoms with Crippen LogP contribution in [0.25, 0.3) is 0 Å². The van der Waals surface area contributed by atoms with Gasteiger partial charge in [0, 0.05) is 56.6 Å². The Morgan fingerprint density at radius 1 is 1.24 bits per heavy atom. The molecule has 2 aromatic carbocycles. The molecule has 2 aromatic rings. The van der Waals surface area contributed by atoms with Gasteiger partial charge in [0.2, 0.25) is 12.7 Å². The van der Waals surface area contributed by atoms with Gasteiger partial charge in [-0.1, -0.05) is 12.1 Å². The molecule has 0 radical (unpaired) electrons. The van der Waals surface area contributed by atoms with Gasteiger partial charge in [-0.3, -0.25) is 15.1 Å². The van der Waals surface area contributed by atoms with E-state index in [1.54, 1.807) is 13.0 Å². The minimum absolute atomic E-state index is 0.0826. The molecule has 2 N–H and O–H groups in total. The third-order valence-corrected chi connectivity index (χ3v) is 6.64. The lowest BCUT2D eigenvalue weighted by Crippen LogP contribution is -2.56. The van der Waals surface area contributed by atoms with Crippen molar-refractivity contribution in [3.8, 4) is 23.0 Å². The fraction of sp³-hybridized carbons (Fsp3) is 0.440. The number of nitrogens with zero attached hydrogens (tertiary/aromatic N) is 2. The van der Waals surface area contributed by atoms with Crippen LogP contribution in [0.3, 0.4) is 0 Å². The van der Waals surface area contributed by atoms with Crippen molar-refractivity contribution in [2.45, 2.75) is 44.8 Å². The molecule has 33 heavy (non-hydrogen) atoms. The van der Waals surface area contributed by atoms with Crippen LogP contribution in [0, 0.1) is 0 Å². The normalized spacial score (nSPS) is 21.1. The number of benzene rings is 2. The van der Waals surface area contributed by atoms with Crippen LogP contribution >= 0.6 is 0 Å². The molecule has 3 aliphatic heterocycles. The molecule has 1 spiro atoms. The molecule has 1 saturated heterocycles. The quantitative estimate of drug-likeness (QED) is 0.740. The first-order chi connectivity index (χ1) is 16.0. The van der Waals surface area contributed by atoms with E-state index >= 15 is 0 Å². The van der Waals surface area contributed by atoms with Gasteiger partial charge in [0.25, 0.3) is 0 Å². The lowest BCUT2D eigenvalue weighted by atomic mass is 9.87. The average molecular weight is 452 g/mol. The van der Waals surface area contributed by atoms with Crippen molar-refractivity contribution in [3.05, 3.63) is 47.5 Å². The van der Waals surface area contributed by atoms with E-state index in [1.807, 2.05) is 42.2 Å². The molecule has 1 amide bonds. The first-order valence-electron chi connectivity index (χ1n) is 11.4. The summed E-state index contributed by atoms with van der Waals surface area (Å²) in [5.41, 5.74) is 2.17. The fourth-order valence-corrected chi connectivity index (χ4v) is 4.89. The topological polar surface area (TPSA) is 92.6 Å². The molecule has 0 saturated carbocycles. The number of phenolic OH excluding ortho intramolecular Hbond substituents is 1. The molecular weight excluding hydrogens is 422 g/mol. The first-order valence-corrected chi connectivity index (χ1v) is 11.4. The van der Waals surface area contributed by atoms with Gasteiger partial charge in [-0.05, 0) is 36.8 Å². The Balaban J connectivity index is 1.52. The zero-order chi connectivity index (χ0) is 23.0. The highest BCUT2D eigenvalue weighted by molar-refractivity contribution is 6.02. The number of aliphatic imine (C=N–C) groups is 1. The van der Waals surface area contributed by atoms with E-state index in [2.05, 4.69) is 5.32 Å². The average Bonchev–Trinajstić information content (AvgIpc) is 3.28. The zero-order valence-corrected chi connectivity index (χ0v) is 19.0. The summed E-state index contributed by atoms with van der Waals surface area (Å²) in [7, 11) is 0. The minimum atomic E-state index is -0.519. The maximum atomic E-state index is 11.9. The summed E-state index contributed by atoms with van der Waals surface area (Å²) < 4.78 is 16.7. The summed E-state index contributed by atoms with van der Waals surface area (Å²) >= 11 is 0. The summed E-state index contributed by atoms with van der Waals surface area (Å²) in [6, 6.07) is 11.3. The lowest BCUT2D eigenvalue weighted by molar-refractivity contribution is -0.130. The standard InChI is InChI=1S/C25H29N3O5/c1-3-31-22-6-4-5-18(24(22)30)20-14-19(17-7-8-21-23(13-17)33-15-32-21)26-25(27-20)9-11-28(12-10-25)16(2)29/h4-8,13,20,27,30H,3,9-12,14-15H2,1-2H3. The Morgan fingerprint density at radius 2 is 2.03 bits per heavy atom. The maximum absolute atomic E-state index is 11.9. The van der Waals surface area contributed by atoms with Crippen LogP contribution in [0.4, 0.5) is 0 Å². The molecule has 1 atom stereocenters. The van der Waals surface area contributed by atoms with Crippen molar-refractivity contribution < 1.29 is 24.1 Å². The molecule has 3 heterocycles. The second kappa shape index (κ2) is 8.59. The number of carbonyl (C=O) groups is 1. The summed E-state index contributed by atoms with van der Waals surface area (Å²) in [4.78, 5) is 18.9. The van der Waals surface area contributed by atoms with Crippen LogP contribution in [0.1, 0.15) is 50.3 Å². The number of carbonyl (C=O) groups excluding carboxylic acids is 1. The number of aromatic hydroxyl groups is 1. The van der Waals surface area contributed by atoms with Gasteiger partial charge in [-0.2, -0.15) is 0 Å². The van der Waals surface area contributed by atoms with Gasteiger partial charge in [0.05, 0.1) is 6.61 Å². The van der Waals surface area contributed by atoms with Crippen molar-refractivity contribution in [2.75, 3.05) is 26.5 Å². The number of piperidine rings is 1. The number of phenols is 1. The number of para-hydroxylation sites is 1. The molecular formula is C25H29N3O5. The van der Waals surface area contributed by atoms with E-state index in [0.717, 1.165) is 22.6 Å². The van der Waals surface area contributed by atoms with Crippen molar-refractivity contribution in [1.29, 1.82) is 0 Å². The molecule has 1 fully saturated rings. The third kappa shape index (κ3) is 4.11. The van der Waals surface area contributed by atoms with Crippen molar-refractivity contribution in [2.24, 2.45) is 4.99 Å². The Labute approximate surface area is 193 Å². The maximum Gasteiger partial charge on any atom is 0.231 e. The van der Waals surface area contributed by atoms with E-state index in [0.29, 0.717) is 50.5 Å². The number of fused-ring (bicyclic) bond motifs is 1. The second-order valence-electron chi connectivity index (χ2n) is 8.69. The van der Waals surface area contributed by atoms with E-state index < -0.39 is 5.66 Å². The van der Waals surface area contributed by atoms with Crippen molar-refractivity contribution in [3.63, 3.8) is 0 Å².